The lowest BCUT2D eigenvalue weighted by molar-refractivity contribution is -0.150. The lowest BCUT2D eigenvalue weighted by atomic mass is 10.1. The number of nitrogens with zero attached hydrogens (tertiary/aromatic N) is 1. The predicted octanol–water partition coefficient (Wildman–Crippen LogP) is 3.95. The molecule has 24 heavy (non-hydrogen) atoms. The Balaban J connectivity index is 0.00000288. The van der Waals surface area contributed by atoms with Crippen LogP contribution in [-0.2, 0) is 9.53 Å². The Morgan fingerprint density at radius 2 is 2.08 bits per heavy atom. The number of carbonyl (C=O) groups excluding carboxylic acids is 1. The number of rotatable bonds is 8. The summed E-state index contributed by atoms with van der Waals surface area (Å²) in [6, 6.07) is 7.13. The van der Waals surface area contributed by atoms with Gasteiger partial charge in [0.25, 0.3) is 0 Å². The van der Waals surface area contributed by atoms with Gasteiger partial charge in [0, 0.05) is 11.6 Å². The zero-order valence-corrected chi connectivity index (χ0v) is 14.8. The Morgan fingerprint density at radius 3 is 2.83 bits per heavy atom. The molecule has 6 heteroatoms. The second-order valence-electron chi connectivity index (χ2n) is 5.53. The van der Waals surface area contributed by atoms with Crippen LogP contribution in [0.2, 0.25) is 5.02 Å². The van der Waals surface area contributed by atoms with Gasteiger partial charge in [0.1, 0.15) is 11.3 Å². The van der Waals surface area contributed by atoms with E-state index in [1.165, 1.54) is 0 Å². The van der Waals surface area contributed by atoms with Crippen molar-refractivity contribution in [3.8, 4) is 5.75 Å². The molecule has 132 valence electrons. The Labute approximate surface area is 147 Å². The Hall–Kier alpha value is -1.85. The minimum absolute atomic E-state index is 0. The van der Waals surface area contributed by atoms with Crippen molar-refractivity contribution in [2.24, 2.45) is 0 Å². The number of unbranched alkanes of at least 4 members (excludes halogenated alkanes) is 2. The van der Waals surface area contributed by atoms with Gasteiger partial charge >= 0.3 is 5.97 Å². The van der Waals surface area contributed by atoms with Crippen LogP contribution in [-0.4, -0.2) is 29.1 Å². The van der Waals surface area contributed by atoms with E-state index < -0.39 is 0 Å². The van der Waals surface area contributed by atoms with Crippen molar-refractivity contribution < 1.29 is 19.7 Å². The number of halogens is 1. The highest BCUT2D eigenvalue weighted by molar-refractivity contribution is 6.35. The van der Waals surface area contributed by atoms with Crippen LogP contribution in [0.15, 0.2) is 30.5 Å². The van der Waals surface area contributed by atoms with Gasteiger partial charge in [-0.15, -0.1) is 0 Å². The minimum Gasteiger partial charge on any atom is -0.480 e. The summed E-state index contributed by atoms with van der Waals surface area (Å²) in [5, 5.41) is 1.40. The third-order valence-electron chi connectivity index (χ3n) is 3.57. The number of fused-ring (bicyclic) bond motifs is 1. The molecule has 1 unspecified atom stereocenters. The molecule has 2 N–H and O–H groups in total. The summed E-state index contributed by atoms with van der Waals surface area (Å²) >= 11 is 6.13. The summed E-state index contributed by atoms with van der Waals surface area (Å²) in [5.74, 6) is 0.161. The molecule has 0 saturated heterocycles. The Kier molecular flexibility index (Phi) is 8.50. The molecule has 2 rings (SSSR count). The number of esters is 1. The number of ether oxygens (including phenoxy) is 2. The van der Waals surface area contributed by atoms with E-state index in [1.54, 1.807) is 18.3 Å². The number of aromatic nitrogens is 1. The van der Waals surface area contributed by atoms with Crippen molar-refractivity contribution in [1.29, 1.82) is 0 Å². The highest BCUT2D eigenvalue weighted by Crippen LogP contribution is 2.29. The van der Waals surface area contributed by atoms with Crippen LogP contribution in [0.25, 0.3) is 10.9 Å². The number of benzene rings is 1. The molecule has 0 aliphatic rings. The molecule has 1 aromatic carbocycles. The first kappa shape index (κ1) is 20.2. The summed E-state index contributed by atoms with van der Waals surface area (Å²) in [5.41, 5.74) is 0.642. The molecule has 0 aliphatic heterocycles. The first-order valence-electron chi connectivity index (χ1n) is 7.97. The summed E-state index contributed by atoms with van der Waals surface area (Å²) in [6.07, 6.45) is 5.83. The molecule has 1 aromatic heterocycles. The first-order chi connectivity index (χ1) is 11.1. The maximum atomic E-state index is 11.9. The smallest absolute Gasteiger partial charge is 0.344 e. The average molecular weight is 354 g/mol. The van der Waals surface area contributed by atoms with Gasteiger partial charge in [-0.2, -0.15) is 0 Å². The summed E-state index contributed by atoms with van der Waals surface area (Å²) in [6.45, 7) is 3.92. The number of carbonyl (C=O) groups is 1. The minimum atomic E-state index is -0.368. The second-order valence-corrected chi connectivity index (χ2v) is 5.94. The highest BCUT2D eigenvalue weighted by atomic mass is 35.5. The monoisotopic (exact) mass is 353 g/mol. The summed E-state index contributed by atoms with van der Waals surface area (Å²) < 4.78 is 10.9. The Bertz CT molecular complexity index is 663. The van der Waals surface area contributed by atoms with Crippen LogP contribution in [0.4, 0.5) is 0 Å². The quantitative estimate of drug-likeness (QED) is 0.531. The van der Waals surface area contributed by atoms with Crippen molar-refractivity contribution in [2.45, 2.75) is 45.6 Å². The highest BCUT2D eigenvalue weighted by Gasteiger charge is 2.12. The molecule has 0 saturated carbocycles. The first-order valence-corrected chi connectivity index (χ1v) is 8.35. The van der Waals surface area contributed by atoms with E-state index in [4.69, 9.17) is 21.1 Å². The third-order valence-corrected chi connectivity index (χ3v) is 3.90. The fraction of sp³-hybridized carbons (Fsp3) is 0.444. The standard InChI is InChI=1S/C18H22ClNO3.H2O/c1-3-4-5-7-13(2)23-17(21)12-22-16-10-9-15(19)14-8-6-11-20-18(14)16;/h6,8-11,13H,3-5,7,12H2,1-2H3;1H2. The maximum Gasteiger partial charge on any atom is 0.344 e. The van der Waals surface area contributed by atoms with Crippen molar-refractivity contribution >= 4 is 28.5 Å². The van der Waals surface area contributed by atoms with Crippen LogP contribution in [0, 0.1) is 0 Å². The molecule has 0 bridgehead atoms. The van der Waals surface area contributed by atoms with Crippen LogP contribution >= 0.6 is 11.6 Å². The largest absolute Gasteiger partial charge is 0.480 e. The van der Waals surface area contributed by atoms with Crippen molar-refractivity contribution in [3.63, 3.8) is 0 Å². The lowest BCUT2D eigenvalue weighted by Gasteiger charge is -2.14. The number of hydrogen-bond donors (Lipinski definition) is 0. The van der Waals surface area contributed by atoms with E-state index in [2.05, 4.69) is 11.9 Å². The van der Waals surface area contributed by atoms with E-state index in [0.717, 1.165) is 31.1 Å². The molecule has 0 amide bonds. The third kappa shape index (κ3) is 5.65. The van der Waals surface area contributed by atoms with Crippen LogP contribution < -0.4 is 4.74 Å². The molecule has 5 nitrogen and oxygen atoms in total. The van der Waals surface area contributed by atoms with Gasteiger partial charge in [0.15, 0.2) is 6.61 Å². The number of pyridine rings is 1. The van der Waals surface area contributed by atoms with Crippen molar-refractivity contribution in [2.75, 3.05) is 6.61 Å². The topological polar surface area (TPSA) is 79.9 Å². The molecule has 1 heterocycles. The molecule has 0 fully saturated rings. The zero-order chi connectivity index (χ0) is 16.7. The van der Waals surface area contributed by atoms with Crippen LogP contribution in [0.3, 0.4) is 0 Å². The van der Waals surface area contributed by atoms with Crippen molar-refractivity contribution in [3.05, 3.63) is 35.5 Å². The van der Waals surface area contributed by atoms with Gasteiger partial charge in [0.2, 0.25) is 0 Å². The van der Waals surface area contributed by atoms with Gasteiger partial charge in [-0.05, 0) is 44.0 Å². The van der Waals surface area contributed by atoms with E-state index in [-0.39, 0.29) is 24.2 Å². The maximum absolute atomic E-state index is 11.9. The average Bonchev–Trinajstić information content (AvgIpc) is 2.55. The van der Waals surface area contributed by atoms with Gasteiger partial charge in [0.05, 0.1) is 11.1 Å². The van der Waals surface area contributed by atoms with E-state index in [1.807, 2.05) is 19.1 Å². The molecule has 0 spiro atoms. The molecule has 2 aromatic rings. The van der Waals surface area contributed by atoms with Gasteiger partial charge in [-0.3, -0.25) is 4.98 Å². The molecular weight excluding hydrogens is 330 g/mol. The van der Waals surface area contributed by atoms with Crippen molar-refractivity contribution in [1.82, 2.24) is 4.98 Å². The molecule has 0 radical (unpaired) electrons. The fourth-order valence-corrected chi connectivity index (χ4v) is 2.58. The fourth-order valence-electron chi connectivity index (χ4n) is 2.36. The predicted molar refractivity (Wildman–Crippen MR) is 95.6 cm³/mol. The van der Waals surface area contributed by atoms with Crippen LogP contribution in [0.5, 0.6) is 5.75 Å². The second kappa shape index (κ2) is 10.1. The van der Waals surface area contributed by atoms with Gasteiger partial charge < -0.3 is 14.9 Å². The zero-order valence-electron chi connectivity index (χ0n) is 14.0. The van der Waals surface area contributed by atoms with Gasteiger partial charge in [-0.1, -0.05) is 31.4 Å². The summed E-state index contributed by atoms with van der Waals surface area (Å²) in [4.78, 5) is 16.1. The molecular formula is C18H24ClNO4. The SMILES string of the molecule is CCCCCC(C)OC(=O)COc1ccc(Cl)c2cccnc12.O. The van der Waals surface area contributed by atoms with Crippen LogP contribution in [0.1, 0.15) is 39.5 Å². The van der Waals surface area contributed by atoms with E-state index >= 15 is 0 Å². The summed E-state index contributed by atoms with van der Waals surface area (Å²) in [7, 11) is 0. The van der Waals surface area contributed by atoms with E-state index in [9.17, 15) is 4.79 Å². The Morgan fingerprint density at radius 1 is 1.29 bits per heavy atom. The van der Waals surface area contributed by atoms with E-state index in [0.29, 0.717) is 16.3 Å². The van der Waals surface area contributed by atoms with Gasteiger partial charge in [-0.25, -0.2) is 4.79 Å². The normalized spacial score (nSPS) is 11.6. The number of hydrogen-bond acceptors (Lipinski definition) is 4. The lowest BCUT2D eigenvalue weighted by Crippen LogP contribution is -2.20. The molecule has 0 aliphatic carbocycles. The molecule has 1 atom stereocenters.